The number of hydrogen-bond donors (Lipinski definition) is 1. The van der Waals surface area contributed by atoms with Gasteiger partial charge in [-0.2, -0.15) is 0 Å². The van der Waals surface area contributed by atoms with Crippen molar-refractivity contribution in [2.75, 3.05) is 31.2 Å². The van der Waals surface area contributed by atoms with Crippen molar-refractivity contribution in [2.24, 2.45) is 5.14 Å². The summed E-state index contributed by atoms with van der Waals surface area (Å²) in [6.07, 6.45) is -1.22. The fraction of sp³-hybridized carbons (Fsp3) is 0.200. The number of ether oxygens (including phenoxy) is 2. The summed E-state index contributed by atoms with van der Waals surface area (Å²) in [4.78, 5) is 28.4. The second-order valence-electron chi connectivity index (χ2n) is 7.75. The Morgan fingerprint density at radius 2 is 1.53 bits per heavy atom. The van der Waals surface area contributed by atoms with Gasteiger partial charge >= 0.3 is 5.97 Å². The lowest BCUT2D eigenvalue weighted by Gasteiger charge is -2.30. The van der Waals surface area contributed by atoms with E-state index in [0.717, 1.165) is 0 Å². The highest BCUT2D eigenvalue weighted by molar-refractivity contribution is 7.89. The summed E-state index contributed by atoms with van der Waals surface area (Å²) in [6, 6.07) is 21.3. The maximum atomic E-state index is 13.4. The largest absolute Gasteiger partial charge is 0.445 e. The average molecular weight is 481 g/mol. The van der Waals surface area contributed by atoms with E-state index in [1.807, 2.05) is 4.90 Å². The first-order valence-corrected chi connectivity index (χ1v) is 12.2. The van der Waals surface area contributed by atoms with Crippen LogP contribution >= 0.6 is 0 Å². The van der Waals surface area contributed by atoms with Crippen LogP contribution in [0.3, 0.4) is 0 Å². The van der Waals surface area contributed by atoms with Gasteiger partial charge in [-0.3, -0.25) is 4.79 Å². The highest BCUT2D eigenvalue weighted by Gasteiger charge is 2.29. The van der Waals surface area contributed by atoms with E-state index in [0.29, 0.717) is 43.1 Å². The molecule has 1 saturated heterocycles. The van der Waals surface area contributed by atoms with Crippen LogP contribution in [0.4, 0.5) is 5.69 Å². The normalized spacial score (nSPS) is 14.9. The Morgan fingerprint density at radius 1 is 0.912 bits per heavy atom. The molecule has 2 N–H and O–H groups in total. The number of benzene rings is 3. The highest BCUT2D eigenvalue weighted by atomic mass is 32.2. The Labute approximate surface area is 198 Å². The van der Waals surface area contributed by atoms with Crippen molar-refractivity contribution in [1.29, 1.82) is 0 Å². The van der Waals surface area contributed by atoms with E-state index in [1.165, 1.54) is 18.2 Å². The summed E-state index contributed by atoms with van der Waals surface area (Å²) >= 11 is 0. The molecule has 176 valence electrons. The van der Waals surface area contributed by atoms with Crippen LogP contribution in [-0.2, 0) is 19.5 Å². The van der Waals surface area contributed by atoms with Gasteiger partial charge in [0.25, 0.3) is 0 Å². The first-order chi connectivity index (χ1) is 16.3. The van der Waals surface area contributed by atoms with Gasteiger partial charge in [-0.05, 0) is 18.2 Å². The number of sulfonamides is 1. The van der Waals surface area contributed by atoms with Crippen molar-refractivity contribution >= 4 is 27.5 Å². The molecule has 9 heteroatoms. The lowest BCUT2D eigenvalue weighted by Crippen LogP contribution is -2.37. The minimum absolute atomic E-state index is 0.00946. The number of morpholine rings is 1. The molecule has 3 aromatic carbocycles. The van der Waals surface area contributed by atoms with Crippen molar-refractivity contribution in [1.82, 2.24) is 0 Å². The number of primary sulfonamides is 1. The lowest BCUT2D eigenvalue weighted by molar-refractivity contribution is 0.0280. The van der Waals surface area contributed by atoms with Crippen LogP contribution < -0.4 is 10.0 Å². The zero-order chi connectivity index (χ0) is 24.1. The number of anilines is 1. The Hall–Kier alpha value is -3.53. The predicted octanol–water partition coefficient (Wildman–Crippen LogP) is 2.95. The van der Waals surface area contributed by atoms with Crippen molar-refractivity contribution in [3.63, 3.8) is 0 Å². The van der Waals surface area contributed by atoms with Crippen LogP contribution in [0.15, 0.2) is 83.8 Å². The number of rotatable bonds is 7. The Kier molecular flexibility index (Phi) is 7.06. The molecular formula is C25H24N2O6S. The van der Waals surface area contributed by atoms with Crippen LogP contribution in [0.25, 0.3) is 0 Å². The molecule has 1 aliphatic rings. The summed E-state index contributed by atoms with van der Waals surface area (Å²) in [6.45, 7) is 1.95. The maximum Gasteiger partial charge on any atom is 0.341 e. The van der Waals surface area contributed by atoms with E-state index in [9.17, 15) is 18.0 Å². The molecule has 4 rings (SSSR count). The molecule has 0 radical (unpaired) electrons. The van der Waals surface area contributed by atoms with Gasteiger partial charge in [-0.1, -0.05) is 60.7 Å². The average Bonchev–Trinajstić information content (AvgIpc) is 2.87. The highest BCUT2D eigenvalue weighted by Crippen LogP contribution is 2.29. The molecule has 1 atom stereocenters. The van der Waals surface area contributed by atoms with Gasteiger partial charge < -0.3 is 14.4 Å². The summed E-state index contributed by atoms with van der Waals surface area (Å²) in [5, 5.41) is 5.30. The molecule has 0 saturated carbocycles. The van der Waals surface area contributed by atoms with Gasteiger partial charge in [-0.15, -0.1) is 0 Å². The van der Waals surface area contributed by atoms with E-state index in [-0.39, 0.29) is 10.5 Å². The fourth-order valence-corrected chi connectivity index (χ4v) is 4.30. The standard InChI is InChI=1S/C25H24N2O6S/c26-34(30,31)20-11-12-22(27-13-15-32-16-14-27)21(17-20)25(29)33-24(19-9-5-2-6-10-19)23(28)18-7-3-1-4-8-18/h1-12,17,24H,13-16H2,(H2,26,30,31). The number of nitrogens with two attached hydrogens (primary N) is 1. The molecule has 34 heavy (non-hydrogen) atoms. The van der Waals surface area contributed by atoms with Crippen molar-refractivity contribution in [2.45, 2.75) is 11.0 Å². The molecule has 1 fully saturated rings. The minimum atomic E-state index is -4.06. The van der Waals surface area contributed by atoms with E-state index in [1.54, 1.807) is 60.7 Å². The smallest absolute Gasteiger partial charge is 0.341 e. The Bertz CT molecular complexity index is 1270. The fourth-order valence-electron chi connectivity index (χ4n) is 3.76. The molecular weight excluding hydrogens is 456 g/mol. The van der Waals surface area contributed by atoms with Crippen molar-refractivity contribution < 1.29 is 27.5 Å². The predicted molar refractivity (Wildman–Crippen MR) is 126 cm³/mol. The van der Waals surface area contributed by atoms with E-state index in [2.05, 4.69) is 0 Å². The van der Waals surface area contributed by atoms with E-state index < -0.39 is 27.9 Å². The Morgan fingerprint density at radius 3 is 2.15 bits per heavy atom. The van der Waals surface area contributed by atoms with Crippen molar-refractivity contribution in [3.05, 3.63) is 95.6 Å². The summed E-state index contributed by atoms with van der Waals surface area (Å²) in [7, 11) is -4.06. The van der Waals surface area contributed by atoms with Gasteiger partial charge in [0.05, 0.1) is 29.4 Å². The number of hydrogen-bond acceptors (Lipinski definition) is 7. The first kappa shape index (κ1) is 23.6. The number of ketones is 1. The molecule has 0 aliphatic carbocycles. The quantitative estimate of drug-likeness (QED) is 0.408. The third kappa shape index (κ3) is 5.33. The molecule has 0 spiro atoms. The molecule has 1 unspecified atom stereocenters. The SMILES string of the molecule is NS(=O)(=O)c1ccc(N2CCOCC2)c(C(=O)OC(C(=O)c2ccccc2)c2ccccc2)c1. The molecule has 0 aromatic heterocycles. The number of esters is 1. The second kappa shape index (κ2) is 10.2. The summed E-state index contributed by atoms with van der Waals surface area (Å²) in [5.74, 6) is -1.22. The topological polar surface area (TPSA) is 116 Å². The van der Waals surface area contributed by atoms with Gasteiger partial charge in [0.15, 0.2) is 6.10 Å². The van der Waals surface area contributed by atoms with Crippen LogP contribution in [0.1, 0.15) is 32.4 Å². The molecule has 0 amide bonds. The van der Waals surface area contributed by atoms with E-state index >= 15 is 0 Å². The van der Waals surface area contributed by atoms with Crippen LogP contribution in [-0.4, -0.2) is 46.5 Å². The molecule has 8 nitrogen and oxygen atoms in total. The molecule has 1 aliphatic heterocycles. The molecule has 3 aromatic rings. The number of carbonyl (C=O) groups excluding carboxylic acids is 2. The van der Waals surface area contributed by atoms with Gasteiger partial charge in [0.2, 0.25) is 15.8 Å². The van der Waals surface area contributed by atoms with Gasteiger partial charge in [0.1, 0.15) is 0 Å². The van der Waals surface area contributed by atoms with Crippen LogP contribution in [0.5, 0.6) is 0 Å². The number of nitrogens with zero attached hydrogens (tertiary/aromatic N) is 1. The third-order valence-electron chi connectivity index (χ3n) is 5.49. The number of Topliss-reactive ketones (excluding diaryl/α,β-unsaturated/α-hetero) is 1. The van der Waals surface area contributed by atoms with Gasteiger partial charge in [-0.25, -0.2) is 18.4 Å². The van der Waals surface area contributed by atoms with Gasteiger partial charge in [0, 0.05) is 24.2 Å². The maximum absolute atomic E-state index is 13.4. The monoisotopic (exact) mass is 480 g/mol. The third-order valence-corrected chi connectivity index (χ3v) is 6.40. The zero-order valence-electron chi connectivity index (χ0n) is 18.3. The second-order valence-corrected chi connectivity index (χ2v) is 9.31. The zero-order valence-corrected chi connectivity index (χ0v) is 19.1. The van der Waals surface area contributed by atoms with Crippen LogP contribution in [0, 0.1) is 0 Å². The lowest BCUT2D eigenvalue weighted by atomic mass is 9.99. The Balaban J connectivity index is 1.74. The summed E-state index contributed by atoms with van der Waals surface area (Å²) < 4.78 is 35.1. The molecule has 1 heterocycles. The molecule has 0 bridgehead atoms. The van der Waals surface area contributed by atoms with Crippen LogP contribution in [0.2, 0.25) is 0 Å². The van der Waals surface area contributed by atoms with E-state index in [4.69, 9.17) is 14.6 Å². The first-order valence-electron chi connectivity index (χ1n) is 10.7. The van der Waals surface area contributed by atoms with Crippen molar-refractivity contribution in [3.8, 4) is 0 Å². The summed E-state index contributed by atoms with van der Waals surface area (Å²) in [5.41, 5.74) is 1.38. The minimum Gasteiger partial charge on any atom is -0.445 e. The number of carbonyl (C=O) groups is 2.